The van der Waals surface area contributed by atoms with Crippen LogP contribution in [0.1, 0.15) is 20.3 Å². The molecule has 102 valence electrons. The number of fused-ring (bicyclic) bond motifs is 1. The fourth-order valence-electron chi connectivity index (χ4n) is 1.97. The van der Waals surface area contributed by atoms with Crippen LogP contribution in [-0.4, -0.2) is 30.1 Å². The van der Waals surface area contributed by atoms with Crippen LogP contribution in [0.25, 0.3) is 0 Å². The molecule has 1 N–H and O–H groups in total. The van der Waals surface area contributed by atoms with E-state index in [1.807, 2.05) is 12.1 Å². The molecule has 1 aromatic rings. The van der Waals surface area contributed by atoms with Crippen molar-refractivity contribution in [2.75, 3.05) is 18.1 Å². The first-order valence-electron chi connectivity index (χ1n) is 6.22. The first-order chi connectivity index (χ1) is 8.94. The fraction of sp³-hybridized carbons (Fsp3) is 0.429. The Morgan fingerprint density at radius 2 is 2.00 bits per heavy atom. The molecule has 0 saturated heterocycles. The van der Waals surface area contributed by atoms with Crippen molar-refractivity contribution in [3.63, 3.8) is 0 Å². The SMILES string of the molecule is CC(C)(C(=O)O)C(=O)N1CCCOc2ccccc21. The summed E-state index contributed by atoms with van der Waals surface area (Å²) in [5.74, 6) is -0.923. The summed E-state index contributed by atoms with van der Waals surface area (Å²) in [6, 6.07) is 7.20. The summed E-state index contributed by atoms with van der Waals surface area (Å²) in [5, 5.41) is 9.18. The summed E-state index contributed by atoms with van der Waals surface area (Å²) in [6.45, 7) is 3.83. The zero-order chi connectivity index (χ0) is 14.0. The molecule has 0 fully saturated rings. The topological polar surface area (TPSA) is 66.8 Å². The third-order valence-corrected chi connectivity index (χ3v) is 3.25. The van der Waals surface area contributed by atoms with Crippen molar-refractivity contribution in [1.29, 1.82) is 0 Å². The van der Waals surface area contributed by atoms with E-state index in [-0.39, 0.29) is 0 Å². The maximum Gasteiger partial charge on any atom is 0.318 e. The molecule has 0 atom stereocenters. The van der Waals surface area contributed by atoms with Gasteiger partial charge in [0.25, 0.3) is 0 Å². The maximum atomic E-state index is 12.5. The number of hydrogen-bond acceptors (Lipinski definition) is 3. The van der Waals surface area contributed by atoms with Gasteiger partial charge in [-0.1, -0.05) is 12.1 Å². The Hall–Kier alpha value is -2.04. The number of carboxylic acids is 1. The number of para-hydroxylation sites is 2. The lowest BCUT2D eigenvalue weighted by molar-refractivity contribution is -0.152. The molecule has 19 heavy (non-hydrogen) atoms. The average molecular weight is 263 g/mol. The molecule has 0 aliphatic carbocycles. The molecule has 0 saturated carbocycles. The van der Waals surface area contributed by atoms with Crippen molar-refractivity contribution in [3.05, 3.63) is 24.3 Å². The number of hydrogen-bond donors (Lipinski definition) is 1. The highest BCUT2D eigenvalue weighted by atomic mass is 16.5. The molecule has 1 amide bonds. The molecule has 5 heteroatoms. The third-order valence-electron chi connectivity index (χ3n) is 3.25. The molecular weight excluding hydrogens is 246 g/mol. The lowest BCUT2D eigenvalue weighted by atomic mass is 9.91. The minimum atomic E-state index is -1.45. The lowest BCUT2D eigenvalue weighted by Crippen LogP contribution is -2.45. The number of nitrogens with zero attached hydrogens (tertiary/aromatic N) is 1. The molecule has 1 aromatic carbocycles. The molecule has 0 bridgehead atoms. The zero-order valence-corrected chi connectivity index (χ0v) is 11.0. The van der Waals surface area contributed by atoms with Gasteiger partial charge in [0.05, 0.1) is 12.3 Å². The summed E-state index contributed by atoms with van der Waals surface area (Å²) >= 11 is 0. The number of carbonyl (C=O) groups excluding carboxylic acids is 1. The van der Waals surface area contributed by atoms with Gasteiger partial charge in [0.15, 0.2) is 0 Å². The molecular formula is C14H17NO4. The van der Waals surface area contributed by atoms with Crippen LogP contribution in [0.4, 0.5) is 5.69 Å². The van der Waals surface area contributed by atoms with Gasteiger partial charge in [-0.15, -0.1) is 0 Å². The number of rotatable bonds is 2. The minimum absolute atomic E-state index is 0.419. The molecule has 0 unspecified atom stereocenters. The van der Waals surface area contributed by atoms with Crippen molar-refractivity contribution in [3.8, 4) is 5.75 Å². The molecule has 5 nitrogen and oxygen atoms in total. The highest BCUT2D eigenvalue weighted by Crippen LogP contribution is 2.33. The smallest absolute Gasteiger partial charge is 0.318 e. The van der Waals surface area contributed by atoms with Crippen LogP contribution in [0.3, 0.4) is 0 Å². The number of benzene rings is 1. The molecule has 1 aliphatic rings. The number of carbonyl (C=O) groups is 2. The highest BCUT2D eigenvalue weighted by Gasteiger charge is 2.40. The number of carboxylic acid groups (broad SMARTS) is 1. The normalized spacial score (nSPS) is 15.2. The first kappa shape index (κ1) is 13.4. The average Bonchev–Trinajstić information content (AvgIpc) is 2.59. The van der Waals surface area contributed by atoms with E-state index in [4.69, 9.17) is 4.74 Å². The van der Waals surface area contributed by atoms with Gasteiger partial charge in [-0.05, 0) is 32.4 Å². The number of amides is 1. The van der Waals surface area contributed by atoms with E-state index in [0.717, 1.165) is 0 Å². The van der Waals surface area contributed by atoms with E-state index in [1.54, 1.807) is 12.1 Å². The van der Waals surface area contributed by atoms with Crippen LogP contribution >= 0.6 is 0 Å². The fourth-order valence-corrected chi connectivity index (χ4v) is 1.97. The predicted molar refractivity (Wildman–Crippen MR) is 70.3 cm³/mol. The van der Waals surface area contributed by atoms with Crippen LogP contribution in [-0.2, 0) is 9.59 Å². The monoisotopic (exact) mass is 263 g/mol. The maximum absolute atomic E-state index is 12.5. The van der Waals surface area contributed by atoms with Crippen LogP contribution < -0.4 is 9.64 Å². The van der Waals surface area contributed by atoms with Gasteiger partial charge < -0.3 is 14.7 Å². The van der Waals surface area contributed by atoms with Gasteiger partial charge in [-0.3, -0.25) is 9.59 Å². The van der Waals surface area contributed by atoms with E-state index < -0.39 is 17.3 Å². The molecule has 0 spiro atoms. The van der Waals surface area contributed by atoms with Crippen molar-refractivity contribution < 1.29 is 19.4 Å². The summed E-state index contributed by atoms with van der Waals surface area (Å²) in [4.78, 5) is 25.2. The van der Waals surface area contributed by atoms with Gasteiger partial charge >= 0.3 is 5.97 Å². The van der Waals surface area contributed by atoms with E-state index >= 15 is 0 Å². The van der Waals surface area contributed by atoms with Crippen LogP contribution in [0.15, 0.2) is 24.3 Å². The Balaban J connectivity index is 2.40. The Morgan fingerprint density at radius 3 is 2.68 bits per heavy atom. The van der Waals surface area contributed by atoms with Gasteiger partial charge in [-0.2, -0.15) is 0 Å². The summed E-state index contributed by atoms with van der Waals surface area (Å²) in [6.07, 6.45) is 0.677. The Labute approximate surface area is 111 Å². The summed E-state index contributed by atoms with van der Waals surface area (Å²) in [7, 11) is 0. The van der Waals surface area contributed by atoms with Crippen molar-refractivity contribution in [2.24, 2.45) is 5.41 Å². The van der Waals surface area contributed by atoms with E-state index in [1.165, 1.54) is 18.7 Å². The number of aliphatic carboxylic acids is 1. The Bertz CT molecular complexity index is 510. The largest absolute Gasteiger partial charge is 0.491 e. The van der Waals surface area contributed by atoms with Crippen molar-refractivity contribution in [2.45, 2.75) is 20.3 Å². The van der Waals surface area contributed by atoms with Crippen molar-refractivity contribution >= 4 is 17.6 Å². The quantitative estimate of drug-likeness (QED) is 0.828. The third kappa shape index (κ3) is 2.41. The second-order valence-electron chi connectivity index (χ2n) is 5.06. The molecule has 0 aromatic heterocycles. The van der Waals surface area contributed by atoms with Gasteiger partial charge in [-0.25, -0.2) is 0 Å². The molecule has 1 aliphatic heterocycles. The van der Waals surface area contributed by atoms with Gasteiger partial charge in [0.1, 0.15) is 11.2 Å². The van der Waals surface area contributed by atoms with Gasteiger partial charge in [0, 0.05) is 6.54 Å². The second kappa shape index (κ2) is 4.91. The van der Waals surface area contributed by atoms with Crippen LogP contribution in [0.2, 0.25) is 0 Å². The van der Waals surface area contributed by atoms with E-state index in [0.29, 0.717) is 31.0 Å². The first-order valence-corrected chi connectivity index (χ1v) is 6.22. The zero-order valence-electron chi connectivity index (χ0n) is 11.0. The van der Waals surface area contributed by atoms with E-state index in [2.05, 4.69) is 0 Å². The molecule has 1 heterocycles. The molecule has 2 rings (SSSR count). The summed E-state index contributed by atoms with van der Waals surface area (Å²) < 4.78 is 5.56. The van der Waals surface area contributed by atoms with E-state index in [9.17, 15) is 14.7 Å². The minimum Gasteiger partial charge on any atom is -0.491 e. The van der Waals surface area contributed by atoms with Crippen LogP contribution in [0.5, 0.6) is 5.75 Å². The van der Waals surface area contributed by atoms with Crippen molar-refractivity contribution in [1.82, 2.24) is 0 Å². The summed E-state index contributed by atoms with van der Waals surface area (Å²) in [5.41, 5.74) is -0.809. The standard InChI is InChI=1S/C14H17NO4/c1-14(2,13(17)18)12(16)15-8-5-9-19-11-7-4-3-6-10(11)15/h3-4,6-7H,5,8-9H2,1-2H3,(H,17,18). The highest BCUT2D eigenvalue weighted by molar-refractivity contribution is 6.09. The predicted octanol–water partition coefficient (Wildman–Crippen LogP) is 1.91. The number of anilines is 1. The second-order valence-corrected chi connectivity index (χ2v) is 5.06. The molecule has 0 radical (unpaired) electrons. The Morgan fingerprint density at radius 1 is 1.32 bits per heavy atom. The van der Waals surface area contributed by atoms with Gasteiger partial charge in [0.2, 0.25) is 5.91 Å². The lowest BCUT2D eigenvalue weighted by Gasteiger charge is -2.28. The Kier molecular flexibility index (Phi) is 3.46. The number of ether oxygens (including phenoxy) is 1. The van der Waals surface area contributed by atoms with Crippen LogP contribution in [0, 0.1) is 5.41 Å².